The van der Waals surface area contributed by atoms with Crippen molar-refractivity contribution in [2.75, 3.05) is 13.7 Å². The van der Waals surface area contributed by atoms with Gasteiger partial charge in [-0.15, -0.1) is 0 Å². The van der Waals surface area contributed by atoms with E-state index in [2.05, 4.69) is 21.8 Å². The van der Waals surface area contributed by atoms with E-state index >= 15 is 0 Å². The van der Waals surface area contributed by atoms with Gasteiger partial charge in [0.1, 0.15) is 11.9 Å². The lowest BCUT2D eigenvalue weighted by atomic mass is 10.0. The molecule has 26 heavy (non-hydrogen) atoms. The van der Waals surface area contributed by atoms with Crippen molar-refractivity contribution in [3.63, 3.8) is 0 Å². The second-order valence-corrected chi connectivity index (χ2v) is 6.54. The molecule has 0 aliphatic rings. The Balaban J connectivity index is 2.18. The average Bonchev–Trinajstić information content (AvgIpc) is 2.95. The average molecular weight is 360 g/mol. The van der Waals surface area contributed by atoms with Gasteiger partial charge in [0.05, 0.1) is 24.2 Å². The zero-order chi connectivity index (χ0) is 19.3. The number of aryl methyl sites for hydroxylation is 1. The maximum atomic E-state index is 12.9. The molecule has 1 heterocycles. The molecule has 2 amide bonds. The molecule has 142 valence electrons. The summed E-state index contributed by atoms with van der Waals surface area (Å²) in [4.78, 5) is 30.9. The van der Waals surface area contributed by atoms with Crippen molar-refractivity contribution < 1.29 is 14.3 Å². The van der Waals surface area contributed by atoms with Crippen molar-refractivity contribution in [3.05, 3.63) is 30.1 Å². The summed E-state index contributed by atoms with van der Waals surface area (Å²) in [6.45, 7) is 8.97. The van der Waals surface area contributed by atoms with Crippen LogP contribution < -0.4 is 5.32 Å². The van der Waals surface area contributed by atoms with Gasteiger partial charge in [-0.2, -0.15) is 0 Å². The number of carbonyl (C=O) groups is 2. The molecule has 2 aromatic rings. The molecule has 1 N–H and O–H groups in total. The second-order valence-electron chi connectivity index (χ2n) is 6.54. The summed E-state index contributed by atoms with van der Waals surface area (Å²) in [5, 5.41) is 2.66. The van der Waals surface area contributed by atoms with Crippen LogP contribution in [-0.2, 0) is 22.6 Å². The predicted octanol–water partition coefficient (Wildman–Crippen LogP) is 2.79. The van der Waals surface area contributed by atoms with Crippen LogP contribution in [0.3, 0.4) is 0 Å². The van der Waals surface area contributed by atoms with Crippen LogP contribution in [0.15, 0.2) is 24.3 Å². The van der Waals surface area contributed by atoms with Gasteiger partial charge >= 0.3 is 6.09 Å². The van der Waals surface area contributed by atoms with E-state index in [0.29, 0.717) is 6.54 Å². The standard InChI is InChI=1S/C19H28N4O3/c1-6-23-15-11-9-8-10-14(15)20-16(23)12-22(5)18(24)17(13(3)4)21-19(25)26-7-2/h8-11,13,17H,6-7,12H2,1-5H3,(H,21,25). The summed E-state index contributed by atoms with van der Waals surface area (Å²) in [6, 6.07) is 7.28. The van der Waals surface area contributed by atoms with E-state index in [1.165, 1.54) is 0 Å². The van der Waals surface area contributed by atoms with E-state index in [4.69, 9.17) is 4.74 Å². The lowest BCUT2D eigenvalue weighted by molar-refractivity contribution is -0.133. The maximum absolute atomic E-state index is 12.9. The number of hydrogen-bond acceptors (Lipinski definition) is 4. The minimum absolute atomic E-state index is 0.0562. The number of aromatic nitrogens is 2. The van der Waals surface area contributed by atoms with E-state index in [0.717, 1.165) is 23.4 Å². The Kier molecular flexibility index (Phi) is 6.60. The summed E-state index contributed by atoms with van der Waals surface area (Å²) in [7, 11) is 1.73. The van der Waals surface area contributed by atoms with Gasteiger partial charge in [0.25, 0.3) is 0 Å². The summed E-state index contributed by atoms with van der Waals surface area (Å²) in [5.41, 5.74) is 1.96. The third-order valence-corrected chi connectivity index (χ3v) is 4.29. The van der Waals surface area contributed by atoms with Gasteiger partial charge in [0.15, 0.2) is 0 Å². The summed E-state index contributed by atoms with van der Waals surface area (Å²) in [6.07, 6.45) is -0.575. The van der Waals surface area contributed by atoms with Crippen molar-refractivity contribution in [1.82, 2.24) is 19.8 Å². The lowest BCUT2D eigenvalue weighted by Gasteiger charge is -2.26. The van der Waals surface area contributed by atoms with Gasteiger partial charge in [0.2, 0.25) is 5.91 Å². The molecule has 0 aliphatic carbocycles. The molecule has 1 atom stereocenters. The zero-order valence-electron chi connectivity index (χ0n) is 16.2. The van der Waals surface area contributed by atoms with Crippen molar-refractivity contribution in [2.24, 2.45) is 5.92 Å². The molecule has 0 saturated heterocycles. The van der Waals surface area contributed by atoms with Crippen LogP contribution in [0.25, 0.3) is 11.0 Å². The number of rotatable bonds is 7. The highest BCUT2D eigenvalue weighted by molar-refractivity contribution is 5.85. The fourth-order valence-corrected chi connectivity index (χ4v) is 2.94. The molecule has 1 unspecified atom stereocenters. The number of nitrogens with one attached hydrogen (secondary N) is 1. The minimum atomic E-state index is -0.640. The first kappa shape index (κ1) is 19.8. The number of alkyl carbamates (subject to hydrolysis) is 1. The Morgan fingerprint density at radius 2 is 1.96 bits per heavy atom. The molecule has 2 rings (SSSR count). The Morgan fingerprint density at radius 1 is 1.27 bits per heavy atom. The van der Waals surface area contributed by atoms with Gasteiger partial charge in [-0.1, -0.05) is 26.0 Å². The van der Waals surface area contributed by atoms with E-state index in [1.54, 1.807) is 18.9 Å². The zero-order valence-corrected chi connectivity index (χ0v) is 16.2. The number of para-hydroxylation sites is 2. The van der Waals surface area contributed by atoms with Gasteiger partial charge in [-0.05, 0) is 31.9 Å². The van der Waals surface area contributed by atoms with E-state index in [-0.39, 0.29) is 18.4 Å². The summed E-state index contributed by atoms with van der Waals surface area (Å²) >= 11 is 0. The number of amides is 2. The van der Waals surface area contributed by atoms with Gasteiger partial charge < -0.3 is 19.5 Å². The molecule has 1 aromatic heterocycles. The van der Waals surface area contributed by atoms with Crippen LogP contribution in [0.4, 0.5) is 4.79 Å². The SMILES string of the molecule is CCOC(=O)NC(C(=O)N(C)Cc1nc2ccccc2n1CC)C(C)C. The highest BCUT2D eigenvalue weighted by atomic mass is 16.5. The van der Waals surface area contributed by atoms with Crippen molar-refractivity contribution in [3.8, 4) is 0 Å². The maximum Gasteiger partial charge on any atom is 0.407 e. The fraction of sp³-hybridized carbons (Fsp3) is 0.526. The first-order chi connectivity index (χ1) is 12.4. The molecule has 7 nitrogen and oxygen atoms in total. The summed E-state index contributed by atoms with van der Waals surface area (Å²) in [5.74, 6) is 0.602. The largest absolute Gasteiger partial charge is 0.450 e. The second kappa shape index (κ2) is 8.69. The third kappa shape index (κ3) is 4.33. The minimum Gasteiger partial charge on any atom is -0.450 e. The van der Waals surface area contributed by atoms with Crippen LogP contribution in [0.5, 0.6) is 0 Å². The number of fused-ring (bicyclic) bond motifs is 1. The van der Waals surface area contributed by atoms with Crippen LogP contribution in [0.2, 0.25) is 0 Å². The highest BCUT2D eigenvalue weighted by Gasteiger charge is 2.28. The molecule has 0 bridgehead atoms. The number of ether oxygens (including phenoxy) is 1. The quantitative estimate of drug-likeness (QED) is 0.824. The summed E-state index contributed by atoms with van der Waals surface area (Å²) < 4.78 is 7.01. The first-order valence-corrected chi connectivity index (χ1v) is 9.01. The molecule has 0 aliphatic heterocycles. The number of benzene rings is 1. The predicted molar refractivity (Wildman–Crippen MR) is 101 cm³/mol. The van der Waals surface area contributed by atoms with Crippen molar-refractivity contribution in [1.29, 1.82) is 0 Å². The van der Waals surface area contributed by atoms with Crippen LogP contribution in [0, 0.1) is 5.92 Å². The molecule has 1 aromatic carbocycles. The molecule has 0 fully saturated rings. The number of likely N-dealkylation sites (N-methyl/N-ethyl adjacent to an activating group) is 1. The van der Waals surface area contributed by atoms with Crippen molar-refractivity contribution >= 4 is 23.0 Å². The van der Waals surface area contributed by atoms with Crippen LogP contribution >= 0.6 is 0 Å². The number of hydrogen-bond donors (Lipinski definition) is 1. The number of carbonyl (C=O) groups excluding carboxylic acids is 2. The van der Waals surface area contributed by atoms with Crippen molar-refractivity contribution in [2.45, 2.75) is 46.8 Å². The van der Waals surface area contributed by atoms with E-state index < -0.39 is 12.1 Å². The van der Waals surface area contributed by atoms with Gasteiger partial charge in [0, 0.05) is 13.6 Å². The van der Waals surface area contributed by atoms with E-state index in [1.807, 2.05) is 38.1 Å². The molecular formula is C19H28N4O3. The fourth-order valence-electron chi connectivity index (χ4n) is 2.94. The lowest BCUT2D eigenvalue weighted by Crippen LogP contribution is -2.50. The molecule has 0 spiro atoms. The van der Waals surface area contributed by atoms with Crippen LogP contribution in [-0.4, -0.2) is 46.1 Å². The first-order valence-electron chi connectivity index (χ1n) is 9.01. The van der Waals surface area contributed by atoms with Gasteiger partial charge in [-0.25, -0.2) is 9.78 Å². The Labute approximate surface area is 154 Å². The number of nitrogens with zero attached hydrogens (tertiary/aromatic N) is 3. The Bertz CT molecular complexity index is 769. The third-order valence-electron chi connectivity index (χ3n) is 4.29. The Hall–Kier alpha value is -2.57. The molecule has 0 radical (unpaired) electrons. The normalized spacial score (nSPS) is 12.2. The monoisotopic (exact) mass is 360 g/mol. The molecule has 7 heteroatoms. The smallest absolute Gasteiger partial charge is 0.407 e. The topological polar surface area (TPSA) is 76.5 Å². The van der Waals surface area contributed by atoms with Crippen LogP contribution in [0.1, 0.15) is 33.5 Å². The molecular weight excluding hydrogens is 332 g/mol. The molecule has 0 saturated carbocycles. The Morgan fingerprint density at radius 3 is 2.58 bits per heavy atom. The van der Waals surface area contributed by atoms with E-state index in [9.17, 15) is 9.59 Å². The van der Waals surface area contributed by atoms with Gasteiger partial charge in [-0.3, -0.25) is 4.79 Å². The highest BCUT2D eigenvalue weighted by Crippen LogP contribution is 2.17. The number of imidazole rings is 1.